The van der Waals surface area contributed by atoms with Crippen LogP contribution in [0.25, 0.3) is 11.3 Å². The monoisotopic (exact) mass is 346 g/mol. The Morgan fingerprint density at radius 3 is 2.44 bits per heavy atom. The molecule has 2 aromatic rings. The maximum atomic E-state index is 12.5. The summed E-state index contributed by atoms with van der Waals surface area (Å²) in [5, 5.41) is 28.1. The fourth-order valence-corrected chi connectivity index (χ4v) is 2.45. The summed E-state index contributed by atoms with van der Waals surface area (Å²) in [6, 6.07) is 5.87. The molecular formula is C17H22N4O4. The van der Waals surface area contributed by atoms with Gasteiger partial charge in [0.2, 0.25) is 0 Å². The first-order valence-electron chi connectivity index (χ1n) is 8.08. The van der Waals surface area contributed by atoms with Crippen LogP contribution in [0.2, 0.25) is 0 Å². The summed E-state index contributed by atoms with van der Waals surface area (Å²) in [4.78, 5) is 22.8. The lowest BCUT2D eigenvalue weighted by atomic mass is 9.97. The number of non-ortho nitro benzene ring substituents is 1. The van der Waals surface area contributed by atoms with Gasteiger partial charge in [0.25, 0.3) is 11.6 Å². The Kier molecular flexibility index (Phi) is 5.53. The summed E-state index contributed by atoms with van der Waals surface area (Å²) in [5.41, 5.74) is 0.433. The molecule has 0 unspecified atom stereocenters. The van der Waals surface area contributed by atoms with Crippen molar-refractivity contribution < 1.29 is 14.8 Å². The first-order chi connectivity index (χ1) is 11.8. The molecule has 2 N–H and O–H groups in total. The molecule has 134 valence electrons. The van der Waals surface area contributed by atoms with Crippen LogP contribution in [0.1, 0.15) is 37.0 Å². The van der Waals surface area contributed by atoms with Crippen LogP contribution in [0.4, 0.5) is 5.69 Å². The Morgan fingerprint density at radius 2 is 1.92 bits per heavy atom. The third kappa shape index (κ3) is 4.21. The molecule has 1 amide bonds. The second-order valence-corrected chi connectivity index (χ2v) is 5.98. The van der Waals surface area contributed by atoms with Crippen LogP contribution in [-0.2, 0) is 7.05 Å². The molecule has 0 saturated carbocycles. The van der Waals surface area contributed by atoms with E-state index in [0.29, 0.717) is 29.7 Å². The molecule has 8 heteroatoms. The van der Waals surface area contributed by atoms with E-state index in [2.05, 4.69) is 10.4 Å². The number of amides is 1. The number of nitrogens with zero attached hydrogens (tertiary/aromatic N) is 3. The molecule has 0 atom stereocenters. The number of carbonyl (C=O) groups is 1. The van der Waals surface area contributed by atoms with Crippen molar-refractivity contribution in [3.05, 3.63) is 46.1 Å². The van der Waals surface area contributed by atoms with Gasteiger partial charge in [0.15, 0.2) is 0 Å². The second kappa shape index (κ2) is 7.43. The highest BCUT2D eigenvalue weighted by molar-refractivity contribution is 5.99. The van der Waals surface area contributed by atoms with Crippen LogP contribution in [0.15, 0.2) is 30.5 Å². The van der Waals surface area contributed by atoms with Gasteiger partial charge < -0.3 is 10.4 Å². The number of benzene rings is 1. The van der Waals surface area contributed by atoms with Crippen molar-refractivity contribution in [3.8, 4) is 11.3 Å². The van der Waals surface area contributed by atoms with Crippen molar-refractivity contribution in [1.82, 2.24) is 15.1 Å². The van der Waals surface area contributed by atoms with Crippen molar-refractivity contribution in [3.63, 3.8) is 0 Å². The Morgan fingerprint density at radius 1 is 1.32 bits per heavy atom. The predicted octanol–water partition coefficient (Wildman–Crippen LogP) is 2.28. The third-order valence-electron chi connectivity index (χ3n) is 4.32. The van der Waals surface area contributed by atoms with Gasteiger partial charge in [0.05, 0.1) is 16.1 Å². The van der Waals surface area contributed by atoms with Gasteiger partial charge in [-0.1, -0.05) is 13.8 Å². The SMILES string of the molecule is CCC(O)(CC)CNC(=O)c1cn(C)nc1-c1ccc([N+](=O)[O-])cc1. The van der Waals surface area contributed by atoms with Gasteiger partial charge in [-0.3, -0.25) is 19.6 Å². The van der Waals surface area contributed by atoms with Gasteiger partial charge in [0, 0.05) is 37.5 Å². The minimum atomic E-state index is -0.939. The summed E-state index contributed by atoms with van der Waals surface area (Å²) in [6.07, 6.45) is 2.65. The Hall–Kier alpha value is -2.74. The standard InChI is InChI=1S/C17H22N4O4/c1-4-17(23,5-2)11-18-16(22)14-10-20(3)19-15(14)12-6-8-13(9-7-12)21(24)25/h6-10,23H,4-5,11H2,1-3H3,(H,18,22). The zero-order valence-electron chi connectivity index (χ0n) is 14.5. The largest absolute Gasteiger partial charge is 0.388 e. The second-order valence-electron chi connectivity index (χ2n) is 5.98. The van der Waals surface area contributed by atoms with E-state index >= 15 is 0 Å². The van der Waals surface area contributed by atoms with E-state index in [0.717, 1.165) is 0 Å². The summed E-state index contributed by atoms with van der Waals surface area (Å²) in [6.45, 7) is 3.87. The highest BCUT2D eigenvalue weighted by Crippen LogP contribution is 2.24. The molecule has 0 saturated heterocycles. The van der Waals surface area contributed by atoms with E-state index in [1.807, 2.05) is 13.8 Å². The van der Waals surface area contributed by atoms with Gasteiger partial charge in [-0.05, 0) is 25.0 Å². The highest BCUT2D eigenvalue weighted by Gasteiger charge is 2.25. The number of aromatic nitrogens is 2. The summed E-state index contributed by atoms with van der Waals surface area (Å²) in [7, 11) is 1.69. The highest BCUT2D eigenvalue weighted by atomic mass is 16.6. The Labute approximate surface area is 145 Å². The zero-order chi connectivity index (χ0) is 18.6. The first kappa shape index (κ1) is 18.6. The smallest absolute Gasteiger partial charge is 0.269 e. The van der Waals surface area contributed by atoms with E-state index in [1.54, 1.807) is 25.4 Å². The fourth-order valence-electron chi connectivity index (χ4n) is 2.45. The van der Waals surface area contributed by atoms with Gasteiger partial charge >= 0.3 is 0 Å². The minimum Gasteiger partial charge on any atom is -0.388 e. The Balaban J connectivity index is 2.25. The number of rotatable bonds is 7. The van der Waals surface area contributed by atoms with Crippen molar-refractivity contribution >= 4 is 11.6 Å². The third-order valence-corrected chi connectivity index (χ3v) is 4.32. The van der Waals surface area contributed by atoms with Crippen LogP contribution in [0.5, 0.6) is 0 Å². The molecule has 0 spiro atoms. The van der Waals surface area contributed by atoms with E-state index in [1.165, 1.54) is 16.8 Å². The van der Waals surface area contributed by atoms with Crippen LogP contribution in [0, 0.1) is 10.1 Å². The number of aryl methyl sites for hydroxylation is 1. The molecule has 25 heavy (non-hydrogen) atoms. The number of nitro groups is 1. The number of hydrogen-bond acceptors (Lipinski definition) is 5. The van der Waals surface area contributed by atoms with E-state index in [-0.39, 0.29) is 18.1 Å². The molecule has 1 aromatic heterocycles. The topological polar surface area (TPSA) is 110 Å². The first-order valence-corrected chi connectivity index (χ1v) is 8.08. The van der Waals surface area contributed by atoms with E-state index < -0.39 is 10.5 Å². The van der Waals surface area contributed by atoms with Gasteiger partial charge in [0.1, 0.15) is 5.69 Å². The lowest BCUT2D eigenvalue weighted by Crippen LogP contribution is -2.42. The summed E-state index contributed by atoms with van der Waals surface area (Å²) < 4.78 is 1.51. The number of hydrogen-bond donors (Lipinski definition) is 2. The lowest BCUT2D eigenvalue weighted by molar-refractivity contribution is -0.384. The number of carbonyl (C=O) groups excluding carboxylic acids is 1. The quantitative estimate of drug-likeness (QED) is 0.590. The normalized spacial score (nSPS) is 11.4. The molecule has 0 radical (unpaired) electrons. The number of aliphatic hydroxyl groups is 1. The summed E-state index contributed by atoms with van der Waals surface area (Å²) >= 11 is 0. The van der Waals surface area contributed by atoms with Crippen molar-refractivity contribution in [1.29, 1.82) is 0 Å². The molecule has 8 nitrogen and oxygen atoms in total. The molecule has 2 rings (SSSR count). The van der Waals surface area contributed by atoms with Crippen molar-refractivity contribution in [2.45, 2.75) is 32.3 Å². The number of nitrogens with one attached hydrogen (secondary N) is 1. The molecule has 0 aliphatic carbocycles. The zero-order valence-corrected chi connectivity index (χ0v) is 14.5. The molecule has 0 aliphatic heterocycles. The average Bonchev–Trinajstić information content (AvgIpc) is 3.01. The van der Waals surface area contributed by atoms with E-state index in [9.17, 15) is 20.0 Å². The molecule has 0 fully saturated rings. The van der Waals surface area contributed by atoms with Crippen LogP contribution < -0.4 is 5.32 Å². The lowest BCUT2D eigenvalue weighted by Gasteiger charge is -2.25. The maximum Gasteiger partial charge on any atom is 0.269 e. The van der Waals surface area contributed by atoms with Gasteiger partial charge in [-0.15, -0.1) is 0 Å². The molecule has 1 aromatic carbocycles. The van der Waals surface area contributed by atoms with Gasteiger partial charge in [-0.2, -0.15) is 5.10 Å². The molecular weight excluding hydrogens is 324 g/mol. The average molecular weight is 346 g/mol. The van der Waals surface area contributed by atoms with Crippen LogP contribution >= 0.6 is 0 Å². The Bertz CT molecular complexity index is 763. The maximum absolute atomic E-state index is 12.5. The molecule has 1 heterocycles. The van der Waals surface area contributed by atoms with Crippen LogP contribution in [0.3, 0.4) is 0 Å². The van der Waals surface area contributed by atoms with Crippen LogP contribution in [-0.4, -0.2) is 37.9 Å². The molecule has 0 bridgehead atoms. The van der Waals surface area contributed by atoms with Crippen molar-refractivity contribution in [2.24, 2.45) is 7.05 Å². The molecule has 0 aliphatic rings. The van der Waals surface area contributed by atoms with Gasteiger partial charge in [-0.25, -0.2) is 0 Å². The van der Waals surface area contributed by atoms with E-state index in [4.69, 9.17) is 0 Å². The van der Waals surface area contributed by atoms with Crippen molar-refractivity contribution in [2.75, 3.05) is 6.54 Å². The minimum absolute atomic E-state index is 0.0263. The fraction of sp³-hybridized carbons (Fsp3) is 0.412. The number of nitro benzene ring substituents is 1. The predicted molar refractivity (Wildman–Crippen MR) is 93.2 cm³/mol. The summed E-state index contributed by atoms with van der Waals surface area (Å²) in [5.74, 6) is -0.346.